The smallest absolute Gasteiger partial charge is 0.127 e. The topological polar surface area (TPSA) is 43.8 Å². The molecular formula is C13H17N3. The van der Waals surface area contributed by atoms with Crippen molar-refractivity contribution in [3.8, 4) is 0 Å². The Balaban J connectivity index is 2.34. The van der Waals surface area contributed by atoms with Crippen LogP contribution in [0.25, 0.3) is 0 Å². The van der Waals surface area contributed by atoms with Crippen LogP contribution in [0.2, 0.25) is 0 Å². The molecule has 1 aromatic heterocycles. The second kappa shape index (κ2) is 4.39. The summed E-state index contributed by atoms with van der Waals surface area (Å²) < 4.78 is 1.97. The molecule has 0 fully saturated rings. The molecule has 2 rings (SSSR count). The Kier molecular flexibility index (Phi) is 2.95. The van der Waals surface area contributed by atoms with E-state index in [9.17, 15) is 0 Å². The van der Waals surface area contributed by atoms with Crippen LogP contribution in [0.4, 0.5) is 5.82 Å². The Bertz CT molecular complexity index is 459. The number of hydrogen-bond donors (Lipinski definition) is 1. The van der Waals surface area contributed by atoms with Gasteiger partial charge in [-0.3, -0.25) is 0 Å². The molecule has 0 bridgehead atoms. The Morgan fingerprint density at radius 1 is 1.31 bits per heavy atom. The molecule has 0 aliphatic heterocycles. The van der Waals surface area contributed by atoms with Gasteiger partial charge >= 0.3 is 0 Å². The van der Waals surface area contributed by atoms with Crippen LogP contribution in [-0.4, -0.2) is 9.55 Å². The molecule has 1 aromatic carbocycles. The van der Waals surface area contributed by atoms with Crippen molar-refractivity contribution in [3.05, 3.63) is 47.9 Å². The molecule has 16 heavy (non-hydrogen) atoms. The molecule has 2 aromatic rings. The molecule has 3 nitrogen and oxygen atoms in total. The summed E-state index contributed by atoms with van der Waals surface area (Å²) in [4.78, 5) is 4.40. The molecule has 0 radical (unpaired) electrons. The minimum Gasteiger partial charge on any atom is -0.384 e. The van der Waals surface area contributed by atoms with Crippen molar-refractivity contribution in [3.63, 3.8) is 0 Å². The maximum Gasteiger partial charge on any atom is 0.127 e. The van der Waals surface area contributed by atoms with Gasteiger partial charge in [-0.25, -0.2) is 4.98 Å². The van der Waals surface area contributed by atoms with Gasteiger partial charge in [-0.2, -0.15) is 0 Å². The monoisotopic (exact) mass is 215 g/mol. The number of imidazole rings is 1. The summed E-state index contributed by atoms with van der Waals surface area (Å²) in [6, 6.07) is 10.3. The Morgan fingerprint density at radius 3 is 2.56 bits per heavy atom. The molecule has 84 valence electrons. The first kappa shape index (κ1) is 10.7. The lowest BCUT2D eigenvalue weighted by Gasteiger charge is -2.10. The van der Waals surface area contributed by atoms with Crippen LogP contribution in [0, 0.1) is 0 Å². The minimum absolute atomic E-state index is 0.244. The lowest BCUT2D eigenvalue weighted by atomic mass is 9.98. The summed E-state index contributed by atoms with van der Waals surface area (Å²) >= 11 is 0. The lowest BCUT2D eigenvalue weighted by molar-refractivity contribution is 0.770. The van der Waals surface area contributed by atoms with Gasteiger partial charge in [0.05, 0.1) is 12.0 Å². The van der Waals surface area contributed by atoms with E-state index in [2.05, 4.69) is 31.0 Å². The molecule has 0 aliphatic carbocycles. The van der Waals surface area contributed by atoms with Crippen molar-refractivity contribution in [2.75, 3.05) is 5.73 Å². The van der Waals surface area contributed by atoms with Gasteiger partial charge in [0.1, 0.15) is 5.82 Å². The first-order chi connectivity index (χ1) is 7.74. The molecular weight excluding hydrogens is 198 g/mol. The van der Waals surface area contributed by atoms with E-state index in [0.29, 0.717) is 0 Å². The number of hydrogen-bond acceptors (Lipinski definition) is 2. The second-order valence-corrected chi connectivity index (χ2v) is 3.93. The highest BCUT2D eigenvalue weighted by molar-refractivity contribution is 5.42. The molecule has 1 heterocycles. The van der Waals surface area contributed by atoms with Crippen LogP contribution in [-0.2, 0) is 6.54 Å². The van der Waals surface area contributed by atoms with E-state index < -0.39 is 0 Å². The zero-order valence-corrected chi connectivity index (χ0v) is 9.72. The first-order valence-corrected chi connectivity index (χ1v) is 5.59. The minimum atomic E-state index is 0.244. The van der Waals surface area contributed by atoms with E-state index >= 15 is 0 Å². The SMILES string of the molecule is CCn1cnc(C(C)c2ccccc2)c1N. The molecule has 0 saturated heterocycles. The van der Waals surface area contributed by atoms with Crippen molar-refractivity contribution in [1.82, 2.24) is 9.55 Å². The second-order valence-electron chi connectivity index (χ2n) is 3.93. The third-order valence-corrected chi connectivity index (χ3v) is 2.96. The third-order valence-electron chi connectivity index (χ3n) is 2.96. The van der Waals surface area contributed by atoms with Crippen molar-refractivity contribution < 1.29 is 0 Å². The quantitative estimate of drug-likeness (QED) is 0.855. The summed E-state index contributed by atoms with van der Waals surface area (Å²) in [6.45, 7) is 5.06. The Morgan fingerprint density at radius 2 is 2.00 bits per heavy atom. The van der Waals surface area contributed by atoms with Crippen molar-refractivity contribution in [2.45, 2.75) is 26.3 Å². The van der Waals surface area contributed by atoms with Gasteiger partial charge in [-0.1, -0.05) is 37.3 Å². The molecule has 2 N–H and O–H groups in total. The van der Waals surface area contributed by atoms with Gasteiger partial charge in [-0.05, 0) is 12.5 Å². The average molecular weight is 215 g/mol. The number of benzene rings is 1. The van der Waals surface area contributed by atoms with E-state index in [1.54, 1.807) is 0 Å². The number of nitrogens with zero attached hydrogens (tertiary/aromatic N) is 2. The number of anilines is 1. The highest BCUT2D eigenvalue weighted by Crippen LogP contribution is 2.26. The third kappa shape index (κ3) is 1.81. The number of nitrogen functional groups attached to an aromatic ring is 1. The fourth-order valence-electron chi connectivity index (χ4n) is 1.89. The van der Waals surface area contributed by atoms with E-state index in [1.807, 2.05) is 29.1 Å². The van der Waals surface area contributed by atoms with Crippen molar-refractivity contribution >= 4 is 5.82 Å². The van der Waals surface area contributed by atoms with E-state index in [0.717, 1.165) is 18.1 Å². The molecule has 1 unspecified atom stereocenters. The van der Waals surface area contributed by atoms with Gasteiger partial charge in [-0.15, -0.1) is 0 Å². The molecule has 3 heteroatoms. The summed E-state index contributed by atoms with van der Waals surface area (Å²) in [7, 11) is 0. The highest BCUT2D eigenvalue weighted by Gasteiger charge is 2.15. The predicted molar refractivity (Wildman–Crippen MR) is 66.3 cm³/mol. The molecule has 0 amide bonds. The van der Waals surface area contributed by atoms with E-state index in [4.69, 9.17) is 5.73 Å². The van der Waals surface area contributed by atoms with Gasteiger partial charge in [0.15, 0.2) is 0 Å². The lowest BCUT2D eigenvalue weighted by Crippen LogP contribution is -2.04. The van der Waals surface area contributed by atoms with Crippen molar-refractivity contribution in [2.24, 2.45) is 0 Å². The van der Waals surface area contributed by atoms with Crippen LogP contribution in [0.15, 0.2) is 36.7 Å². The fourth-order valence-corrected chi connectivity index (χ4v) is 1.89. The van der Waals surface area contributed by atoms with Gasteiger partial charge < -0.3 is 10.3 Å². The highest BCUT2D eigenvalue weighted by atomic mass is 15.1. The Labute approximate surface area is 95.9 Å². The number of rotatable bonds is 3. The van der Waals surface area contributed by atoms with Crippen LogP contribution in [0.5, 0.6) is 0 Å². The zero-order chi connectivity index (χ0) is 11.5. The van der Waals surface area contributed by atoms with Crippen molar-refractivity contribution in [1.29, 1.82) is 0 Å². The number of nitrogens with two attached hydrogens (primary N) is 1. The first-order valence-electron chi connectivity index (χ1n) is 5.59. The predicted octanol–water partition coefficient (Wildman–Crippen LogP) is 2.64. The Hall–Kier alpha value is -1.77. The molecule has 0 spiro atoms. The van der Waals surface area contributed by atoms with Crippen LogP contribution >= 0.6 is 0 Å². The fraction of sp³-hybridized carbons (Fsp3) is 0.308. The zero-order valence-electron chi connectivity index (χ0n) is 9.72. The number of aromatic nitrogens is 2. The van der Waals surface area contributed by atoms with Crippen LogP contribution in [0.3, 0.4) is 0 Å². The standard InChI is InChI=1S/C13H17N3/c1-3-16-9-15-12(13(16)14)10(2)11-7-5-4-6-8-11/h4-10H,3,14H2,1-2H3. The number of aryl methyl sites for hydroxylation is 1. The van der Waals surface area contributed by atoms with E-state index in [1.165, 1.54) is 5.56 Å². The summed E-state index contributed by atoms with van der Waals surface area (Å²) in [6.07, 6.45) is 1.81. The van der Waals surface area contributed by atoms with Gasteiger partial charge in [0.25, 0.3) is 0 Å². The van der Waals surface area contributed by atoms with Crippen LogP contribution in [0.1, 0.15) is 31.0 Å². The van der Waals surface area contributed by atoms with Crippen LogP contribution < -0.4 is 5.73 Å². The largest absolute Gasteiger partial charge is 0.384 e. The summed E-state index contributed by atoms with van der Waals surface area (Å²) in [5.74, 6) is 1.02. The average Bonchev–Trinajstić information content (AvgIpc) is 2.70. The molecule has 1 atom stereocenters. The maximum absolute atomic E-state index is 6.05. The summed E-state index contributed by atoms with van der Waals surface area (Å²) in [5.41, 5.74) is 8.26. The summed E-state index contributed by atoms with van der Waals surface area (Å²) in [5, 5.41) is 0. The molecule has 0 aliphatic rings. The van der Waals surface area contributed by atoms with Gasteiger partial charge in [0.2, 0.25) is 0 Å². The van der Waals surface area contributed by atoms with Gasteiger partial charge in [0, 0.05) is 12.5 Å². The normalized spacial score (nSPS) is 12.6. The molecule has 0 saturated carbocycles. The maximum atomic E-state index is 6.05. The van der Waals surface area contributed by atoms with E-state index in [-0.39, 0.29) is 5.92 Å².